The third kappa shape index (κ3) is 2.64. The lowest BCUT2D eigenvalue weighted by Crippen LogP contribution is -2.40. The van der Waals surface area contributed by atoms with E-state index in [1.54, 1.807) is 17.9 Å². The van der Waals surface area contributed by atoms with Crippen molar-refractivity contribution in [3.05, 3.63) is 17.5 Å². The summed E-state index contributed by atoms with van der Waals surface area (Å²) in [7, 11) is 3.21. The molecule has 0 radical (unpaired) electrons. The number of hydrogen-bond donors (Lipinski definition) is 1. The van der Waals surface area contributed by atoms with Gasteiger partial charge in [0.05, 0.1) is 11.3 Å². The van der Waals surface area contributed by atoms with Gasteiger partial charge in [-0.05, 0) is 13.3 Å². The Balaban J connectivity index is 2.99. The molecular formula is C11H17N3O3. The van der Waals surface area contributed by atoms with Gasteiger partial charge >= 0.3 is 5.97 Å². The van der Waals surface area contributed by atoms with Gasteiger partial charge in [0.2, 0.25) is 0 Å². The molecule has 0 aliphatic carbocycles. The number of rotatable bonds is 4. The number of carboxylic acids is 1. The Morgan fingerprint density at radius 2 is 2.18 bits per heavy atom. The molecular weight excluding hydrogens is 222 g/mol. The third-order valence-electron chi connectivity index (χ3n) is 2.73. The zero-order chi connectivity index (χ0) is 13.2. The van der Waals surface area contributed by atoms with E-state index >= 15 is 0 Å². The van der Waals surface area contributed by atoms with Crippen molar-refractivity contribution in [1.29, 1.82) is 0 Å². The standard InChI is InChI=1S/C11H17N3O3/c1-5-9-8(6-13(3)12-9)10(15)14(4)7(2)11(16)17/h6-7H,5H2,1-4H3,(H,16,17). The smallest absolute Gasteiger partial charge is 0.326 e. The molecule has 0 aromatic carbocycles. The molecule has 0 aliphatic heterocycles. The van der Waals surface area contributed by atoms with Crippen LogP contribution in [0.5, 0.6) is 0 Å². The number of likely N-dealkylation sites (N-methyl/N-ethyl adjacent to an activating group) is 1. The van der Waals surface area contributed by atoms with Gasteiger partial charge in [-0.1, -0.05) is 6.92 Å². The van der Waals surface area contributed by atoms with Gasteiger partial charge in [-0.25, -0.2) is 4.79 Å². The maximum Gasteiger partial charge on any atom is 0.326 e. The van der Waals surface area contributed by atoms with E-state index in [4.69, 9.17) is 5.11 Å². The Bertz CT molecular complexity index is 439. The van der Waals surface area contributed by atoms with Crippen molar-refractivity contribution in [3.8, 4) is 0 Å². The number of aliphatic carboxylic acids is 1. The van der Waals surface area contributed by atoms with Crippen LogP contribution in [0.25, 0.3) is 0 Å². The average molecular weight is 239 g/mol. The van der Waals surface area contributed by atoms with E-state index < -0.39 is 12.0 Å². The number of nitrogens with zero attached hydrogens (tertiary/aromatic N) is 3. The summed E-state index contributed by atoms with van der Waals surface area (Å²) in [5, 5.41) is 13.0. The first-order valence-electron chi connectivity index (χ1n) is 5.41. The molecule has 1 unspecified atom stereocenters. The maximum atomic E-state index is 12.1. The van der Waals surface area contributed by atoms with Crippen molar-refractivity contribution in [2.75, 3.05) is 7.05 Å². The van der Waals surface area contributed by atoms with Crippen LogP contribution in [0.4, 0.5) is 0 Å². The first-order valence-corrected chi connectivity index (χ1v) is 5.41. The molecule has 6 heteroatoms. The minimum absolute atomic E-state index is 0.315. The molecule has 1 N–H and O–H groups in total. The van der Waals surface area contributed by atoms with Gasteiger partial charge in [-0.2, -0.15) is 5.10 Å². The van der Waals surface area contributed by atoms with Gasteiger partial charge in [-0.3, -0.25) is 9.48 Å². The first kappa shape index (κ1) is 13.2. The second-order valence-electron chi connectivity index (χ2n) is 3.95. The van der Waals surface area contributed by atoms with Crippen molar-refractivity contribution in [2.24, 2.45) is 7.05 Å². The highest BCUT2D eigenvalue weighted by Crippen LogP contribution is 2.11. The van der Waals surface area contributed by atoms with Crippen LogP contribution in [0, 0.1) is 0 Å². The monoisotopic (exact) mass is 239 g/mol. The molecule has 0 saturated heterocycles. The minimum Gasteiger partial charge on any atom is -0.480 e. The van der Waals surface area contributed by atoms with Crippen molar-refractivity contribution < 1.29 is 14.7 Å². The van der Waals surface area contributed by atoms with E-state index in [9.17, 15) is 9.59 Å². The molecule has 1 aromatic rings. The molecule has 1 amide bonds. The summed E-state index contributed by atoms with van der Waals surface area (Å²) < 4.78 is 1.56. The van der Waals surface area contributed by atoms with Crippen LogP contribution >= 0.6 is 0 Å². The Hall–Kier alpha value is -1.85. The molecule has 6 nitrogen and oxygen atoms in total. The quantitative estimate of drug-likeness (QED) is 0.831. The summed E-state index contributed by atoms with van der Waals surface area (Å²) in [6.45, 7) is 3.38. The van der Waals surface area contributed by atoms with Crippen LogP contribution in [-0.4, -0.2) is 44.8 Å². The van der Waals surface area contributed by atoms with Gasteiger partial charge in [0.1, 0.15) is 6.04 Å². The topological polar surface area (TPSA) is 75.4 Å². The van der Waals surface area contributed by atoms with E-state index in [0.29, 0.717) is 17.7 Å². The van der Waals surface area contributed by atoms with Gasteiger partial charge in [-0.15, -0.1) is 0 Å². The molecule has 1 rings (SSSR count). The third-order valence-corrected chi connectivity index (χ3v) is 2.73. The van der Waals surface area contributed by atoms with Gasteiger partial charge < -0.3 is 10.0 Å². The molecule has 0 aliphatic rings. The summed E-state index contributed by atoms with van der Waals surface area (Å²) in [5.74, 6) is -1.34. The zero-order valence-electron chi connectivity index (χ0n) is 10.5. The molecule has 0 saturated carbocycles. The highest BCUT2D eigenvalue weighted by molar-refractivity contribution is 5.97. The Morgan fingerprint density at radius 3 is 2.65 bits per heavy atom. The number of carboxylic acid groups (broad SMARTS) is 1. The minimum atomic E-state index is -1.03. The van der Waals surface area contributed by atoms with E-state index in [-0.39, 0.29) is 5.91 Å². The summed E-state index contributed by atoms with van der Waals surface area (Å²) >= 11 is 0. The highest BCUT2D eigenvalue weighted by atomic mass is 16.4. The zero-order valence-corrected chi connectivity index (χ0v) is 10.5. The van der Waals surface area contributed by atoms with Crippen LogP contribution in [0.3, 0.4) is 0 Å². The van der Waals surface area contributed by atoms with Crippen LogP contribution in [0.15, 0.2) is 6.20 Å². The molecule has 0 bridgehead atoms. The number of aryl methyl sites for hydroxylation is 2. The number of amides is 1. The predicted octanol–water partition coefficient (Wildman–Crippen LogP) is 0.528. The average Bonchev–Trinajstić information content (AvgIpc) is 2.67. The lowest BCUT2D eigenvalue weighted by Gasteiger charge is -2.21. The first-order chi connectivity index (χ1) is 7.88. The lowest BCUT2D eigenvalue weighted by molar-refractivity contribution is -0.141. The maximum absolute atomic E-state index is 12.1. The molecule has 1 heterocycles. The molecule has 94 valence electrons. The van der Waals surface area contributed by atoms with E-state index in [1.807, 2.05) is 6.92 Å². The SMILES string of the molecule is CCc1nn(C)cc1C(=O)N(C)C(C)C(=O)O. The Kier molecular flexibility index (Phi) is 3.88. The normalized spacial score (nSPS) is 12.2. The molecule has 1 atom stereocenters. The van der Waals surface area contributed by atoms with Crippen LogP contribution in [-0.2, 0) is 18.3 Å². The van der Waals surface area contributed by atoms with E-state index in [2.05, 4.69) is 5.10 Å². The van der Waals surface area contributed by atoms with Crippen LogP contribution in [0.2, 0.25) is 0 Å². The number of hydrogen-bond acceptors (Lipinski definition) is 3. The lowest BCUT2D eigenvalue weighted by atomic mass is 10.1. The van der Waals surface area contributed by atoms with Crippen molar-refractivity contribution in [1.82, 2.24) is 14.7 Å². The predicted molar refractivity (Wildman–Crippen MR) is 61.8 cm³/mol. The van der Waals surface area contributed by atoms with Gasteiger partial charge in [0, 0.05) is 20.3 Å². The second-order valence-corrected chi connectivity index (χ2v) is 3.95. The molecule has 0 fully saturated rings. The summed E-state index contributed by atoms with van der Waals surface area (Å²) in [6.07, 6.45) is 2.25. The second kappa shape index (κ2) is 4.99. The van der Waals surface area contributed by atoms with Crippen molar-refractivity contribution in [2.45, 2.75) is 26.3 Å². The van der Waals surface area contributed by atoms with E-state index in [1.165, 1.54) is 18.9 Å². The largest absolute Gasteiger partial charge is 0.480 e. The van der Waals surface area contributed by atoms with E-state index in [0.717, 1.165) is 0 Å². The fourth-order valence-electron chi connectivity index (χ4n) is 1.51. The molecule has 1 aromatic heterocycles. The fraction of sp³-hybridized carbons (Fsp3) is 0.545. The number of carbonyl (C=O) groups is 2. The van der Waals surface area contributed by atoms with Crippen molar-refractivity contribution in [3.63, 3.8) is 0 Å². The summed E-state index contributed by atoms with van der Waals surface area (Å²) in [4.78, 5) is 24.1. The highest BCUT2D eigenvalue weighted by Gasteiger charge is 2.25. The molecule has 17 heavy (non-hydrogen) atoms. The number of carbonyl (C=O) groups excluding carboxylic acids is 1. The van der Waals surface area contributed by atoms with Crippen molar-refractivity contribution >= 4 is 11.9 Å². The molecule has 0 spiro atoms. The van der Waals surface area contributed by atoms with Gasteiger partial charge in [0.15, 0.2) is 0 Å². The van der Waals surface area contributed by atoms with Gasteiger partial charge in [0.25, 0.3) is 5.91 Å². The Morgan fingerprint density at radius 1 is 1.59 bits per heavy atom. The van der Waals surface area contributed by atoms with Crippen LogP contribution < -0.4 is 0 Å². The summed E-state index contributed by atoms with van der Waals surface area (Å²) in [6, 6.07) is -0.854. The summed E-state index contributed by atoms with van der Waals surface area (Å²) in [5.41, 5.74) is 1.15. The Labute approximate surface area is 99.8 Å². The van der Waals surface area contributed by atoms with Crippen LogP contribution in [0.1, 0.15) is 29.9 Å². The fourth-order valence-corrected chi connectivity index (χ4v) is 1.51. The number of aromatic nitrogens is 2.